The Morgan fingerprint density at radius 1 is 1.47 bits per heavy atom. The van der Waals surface area contributed by atoms with Crippen LogP contribution in [-0.4, -0.2) is 19.8 Å². The van der Waals surface area contributed by atoms with Crippen molar-refractivity contribution >= 4 is 22.6 Å². The summed E-state index contributed by atoms with van der Waals surface area (Å²) in [7, 11) is 3.63. The minimum atomic E-state index is -0.324. The molecule has 0 aliphatic rings. The van der Waals surface area contributed by atoms with Crippen LogP contribution in [0.2, 0.25) is 5.02 Å². The number of hydrogen-bond donors (Lipinski definition) is 1. The number of halogens is 1. The summed E-state index contributed by atoms with van der Waals surface area (Å²) in [5.74, 6) is 0.844. The number of hydrogen-bond acceptors (Lipinski definition) is 3. The minimum Gasteiger partial charge on any atom is -0.458 e. The first-order chi connectivity index (χ1) is 9.05. The van der Waals surface area contributed by atoms with Crippen LogP contribution < -0.4 is 5.32 Å². The molecule has 3 nitrogen and oxygen atoms in total. The Morgan fingerprint density at radius 3 is 2.74 bits per heavy atom. The summed E-state index contributed by atoms with van der Waals surface area (Å²) in [5.41, 5.74) is 0.406. The zero-order chi connectivity index (χ0) is 14.0. The van der Waals surface area contributed by atoms with Crippen LogP contribution in [-0.2, 0) is 4.74 Å². The van der Waals surface area contributed by atoms with Crippen LogP contribution in [0.4, 0.5) is 0 Å². The maximum atomic E-state index is 6.15. The first-order valence-corrected chi connectivity index (χ1v) is 6.84. The molecule has 0 amide bonds. The standard InChI is InChI=1S/C15H20ClNO2/c1-5-15(2,18-4)14(17-3)12-9-10-7-6-8-11(16)13(10)19-12/h6-9,14,17H,5H2,1-4H3. The third kappa shape index (κ3) is 2.50. The Labute approximate surface area is 118 Å². The highest BCUT2D eigenvalue weighted by molar-refractivity contribution is 6.34. The summed E-state index contributed by atoms with van der Waals surface area (Å²) in [6.45, 7) is 4.17. The van der Waals surface area contributed by atoms with Crippen molar-refractivity contribution in [3.8, 4) is 0 Å². The lowest BCUT2D eigenvalue weighted by Crippen LogP contribution is -2.41. The molecule has 2 rings (SSSR count). The van der Waals surface area contributed by atoms with Gasteiger partial charge in [-0.2, -0.15) is 0 Å². The van der Waals surface area contributed by atoms with Gasteiger partial charge in [0.2, 0.25) is 0 Å². The Morgan fingerprint density at radius 2 is 2.21 bits per heavy atom. The molecule has 0 radical (unpaired) electrons. The van der Waals surface area contributed by atoms with Gasteiger partial charge >= 0.3 is 0 Å². The minimum absolute atomic E-state index is 0.0223. The van der Waals surface area contributed by atoms with Crippen molar-refractivity contribution in [2.45, 2.75) is 31.9 Å². The van der Waals surface area contributed by atoms with Crippen LogP contribution in [0.1, 0.15) is 32.1 Å². The number of fused-ring (bicyclic) bond motifs is 1. The van der Waals surface area contributed by atoms with Gasteiger partial charge in [-0.05, 0) is 32.5 Å². The zero-order valence-electron chi connectivity index (χ0n) is 11.8. The van der Waals surface area contributed by atoms with Crippen LogP contribution in [0.15, 0.2) is 28.7 Å². The molecule has 0 aliphatic heterocycles. The summed E-state index contributed by atoms with van der Waals surface area (Å²) in [6, 6.07) is 7.76. The highest BCUT2D eigenvalue weighted by Gasteiger charge is 2.35. The average molecular weight is 282 g/mol. The van der Waals surface area contributed by atoms with E-state index in [2.05, 4.69) is 19.2 Å². The van der Waals surface area contributed by atoms with Crippen molar-refractivity contribution in [2.24, 2.45) is 0 Å². The fourth-order valence-electron chi connectivity index (χ4n) is 2.40. The van der Waals surface area contributed by atoms with E-state index in [0.717, 1.165) is 23.2 Å². The van der Waals surface area contributed by atoms with Crippen molar-refractivity contribution in [2.75, 3.05) is 14.2 Å². The molecule has 2 unspecified atom stereocenters. The van der Waals surface area contributed by atoms with Gasteiger partial charge < -0.3 is 14.5 Å². The van der Waals surface area contributed by atoms with Crippen molar-refractivity contribution < 1.29 is 9.15 Å². The average Bonchev–Trinajstić information content (AvgIpc) is 2.84. The maximum absolute atomic E-state index is 6.15. The van der Waals surface area contributed by atoms with Gasteiger partial charge in [0.05, 0.1) is 16.7 Å². The molecular formula is C15H20ClNO2. The van der Waals surface area contributed by atoms with E-state index in [1.54, 1.807) is 7.11 Å². The topological polar surface area (TPSA) is 34.4 Å². The maximum Gasteiger partial charge on any atom is 0.152 e. The van der Waals surface area contributed by atoms with Gasteiger partial charge in [0.25, 0.3) is 0 Å². The fourth-order valence-corrected chi connectivity index (χ4v) is 2.62. The number of rotatable bonds is 5. The van der Waals surface area contributed by atoms with Crippen LogP contribution in [0.25, 0.3) is 11.0 Å². The van der Waals surface area contributed by atoms with E-state index >= 15 is 0 Å². The number of nitrogens with one attached hydrogen (secondary N) is 1. The predicted molar refractivity (Wildman–Crippen MR) is 78.7 cm³/mol. The molecule has 0 saturated carbocycles. The highest BCUT2D eigenvalue weighted by atomic mass is 35.5. The van der Waals surface area contributed by atoms with E-state index in [-0.39, 0.29) is 11.6 Å². The van der Waals surface area contributed by atoms with E-state index in [1.807, 2.05) is 31.3 Å². The van der Waals surface area contributed by atoms with Crippen molar-refractivity contribution in [1.29, 1.82) is 0 Å². The smallest absolute Gasteiger partial charge is 0.152 e. The second-order valence-electron chi connectivity index (χ2n) is 4.90. The molecule has 1 heterocycles. The van der Waals surface area contributed by atoms with Crippen LogP contribution in [0, 0.1) is 0 Å². The Kier molecular flexibility index (Phi) is 4.19. The van der Waals surface area contributed by atoms with Crippen molar-refractivity contribution in [3.05, 3.63) is 35.0 Å². The van der Waals surface area contributed by atoms with Crippen molar-refractivity contribution in [1.82, 2.24) is 5.32 Å². The third-order valence-electron chi connectivity index (χ3n) is 3.87. The molecule has 0 saturated heterocycles. The molecule has 4 heteroatoms. The zero-order valence-corrected chi connectivity index (χ0v) is 12.5. The summed E-state index contributed by atoms with van der Waals surface area (Å²) in [5, 5.41) is 4.92. The highest BCUT2D eigenvalue weighted by Crippen LogP contribution is 2.36. The number of para-hydroxylation sites is 1. The lowest BCUT2D eigenvalue weighted by molar-refractivity contribution is -0.0329. The number of likely N-dealkylation sites (N-methyl/N-ethyl adjacent to an activating group) is 1. The second-order valence-corrected chi connectivity index (χ2v) is 5.31. The van der Waals surface area contributed by atoms with E-state index in [1.165, 1.54) is 0 Å². The first kappa shape index (κ1) is 14.4. The predicted octanol–water partition coefficient (Wildman–Crippen LogP) is 4.16. The van der Waals surface area contributed by atoms with Gasteiger partial charge in [-0.25, -0.2) is 0 Å². The molecule has 0 bridgehead atoms. The van der Waals surface area contributed by atoms with Gasteiger partial charge in [-0.1, -0.05) is 30.7 Å². The van der Waals surface area contributed by atoms with E-state index < -0.39 is 0 Å². The molecule has 104 valence electrons. The van der Waals surface area contributed by atoms with Crippen LogP contribution >= 0.6 is 11.6 Å². The largest absolute Gasteiger partial charge is 0.458 e. The summed E-state index contributed by atoms with van der Waals surface area (Å²) >= 11 is 6.15. The molecule has 1 aromatic carbocycles. The Hall–Kier alpha value is -1.03. The molecule has 0 spiro atoms. The quantitative estimate of drug-likeness (QED) is 0.893. The van der Waals surface area contributed by atoms with Gasteiger partial charge in [-0.15, -0.1) is 0 Å². The molecule has 19 heavy (non-hydrogen) atoms. The van der Waals surface area contributed by atoms with Crippen molar-refractivity contribution in [3.63, 3.8) is 0 Å². The number of furan rings is 1. The normalized spacial score (nSPS) is 16.5. The molecule has 2 aromatic rings. The van der Waals surface area contributed by atoms with Gasteiger partial charge in [0.1, 0.15) is 5.76 Å². The number of methoxy groups -OCH3 is 1. The van der Waals surface area contributed by atoms with Gasteiger partial charge in [0, 0.05) is 12.5 Å². The summed E-state index contributed by atoms with van der Waals surface area (Å²) in [4.78, 5) is 0. The van der Waals surface area contributed by atoms with Gasteiger partial charge in [-0.3, -0.25) is 0 Å². The SMILES string of the molecule is CCC(C)(OC)C(NC)c1cc2cccc(Cl)c2o1. The third-order valence-corrected chi connectivity index (χ3v) is 4.16. The number of ether oxygens (including phenoxy) is 1. The Balaban J connectivity index is 2.49. The molecule has 0 aliphatic carbocycles. The fraction of sp³-hybridized carbons (Fsp3) is 0.467. The van der Waals surface area contributed by atoms with E-state index in [4.69, 9.17) is 20.8 Å². The lowest BCUT2D eigenvalue weighted by Gasteiger charge is -2.34. The Bertz CT molecular complexity index is 560. The molecular weight excluding hydrogens is 262 g/mol. The van der Waals surface area contributed by atoms with Crippen LogP contribution in [0.3, 0.4) is 0 Å². The monoisotopic (exact) mass is 281 g/mol. The van der Waals surface area contributed by atoms with E-state index in [9.17, 15) is 0 Å². The van der Waals surface area contributed by atoms with Gasteiger partial charge in [0.15, 0.2) is 5.58 Å². The van der Waals surface area contributed by atoms with Crippen LogP contribution in [0.5, 0.6) is 0 Å². The molecule has 1 aromatic heterocycles. The molecule has 1 N–H and O–H groups in total. The molecule has 2 atom stereocenters. The van der Waals surface area contributed by atoms with E-state index in [0.29, 0.717) is 5.02 Å². The summed E-state index contributed by atoms with van der Waals surface area (Å²) in [6.07, 6.45) is 0.875. The number of benzene rings is 1. The molecule has 0 fully saturated rings. The lowest BCUT2D eigenvalue weighted by atomic mass is 9.91. The second kappa shape index (κ2) is 5.53. The summed E-state index contributed by atoms with van der Waals surface area (Å²) < 4.78 is 11.6. The first-order valence-electron chi connectivity index (χ1n) is 6.46.